The van der Waals surface area contributed by atoms with E-state index in [-0.39, 0.29) is 5.78 Å². The Morgan fingerprint density at radius 2 is 1.88 bits per heavy atom. The Bertz CT molecular complexity index is 853. The zero-order valence-electron chi connectivity index (χ0n) is 13.3. The molecule has 3 aromatic rings. The maximum Gasteiger partial charge on any atom is 0.197 e. The van der Waals surface area contributed by atoms with Crippen molar-refractivity contribution in [2.75, 3.05) is 0 Å². The van der Waals surface area contributed by atoms with Crippen LogP contribution in [0.3, 0.4) is 0 Å². The van der Waals surface area contributed by atoms with E-state index in [1.165, 1.54) is 11.3 Å². The van der Waals surface area contributed by atoms with Crippen LogP contribution in [0.1, 0.15) is 26.5 Å². The first kappa shape index (κ1) is 16.1. The molecule has 3 rings (SSSR count). The van der Waals surface area contributed by atoms with E-state index < -0.39 is 0 Å². The van der Waals surface area contributed by atoms with Gasteiger partial charge in [-0.05, 0) is 30.7 Å². The fourth-order valence-corrected chi connectivity index (χ4v) is 2.99. The zero-order valence-corrected chi connectivity index (χ0v) is 14.1. The highest BCUT2D eigenvalue weighted by molar-refractivity contribution is 7.12. The molecule has 0 saturated heterocycles. The van der Waals surface area contributed by atoms with Gasteiger partial charge in [0.05, 0.1) is 16.1 Å². The molecule has 0 fully saturated rings. The number of ether oxygens (including phenoxy) is 1. The first-order valence-corrected chi connectivity index (χ1v) is 8.50. The third-order valence-corrected chi connectivity index (χ3v) is 4.48. The van der Waals surface area contributed by atoms with Gasteiger partial charge in [-0.2, -0.15) is 0 Å². The number of nitrogens with zero attached hydrogens (tertiary/aromatic N) is 1. The highest BCUT2D eigenvalue weighted by Gasteiger charge is 2.09. The average molecular weight is 335 g/mol. The van der Waals surface area contributed by atoms with Gasteiger partial charge < -0.3 is 4.74 Å². The Kier molecular flexibility index (Phi) is 5.18. The molecule has 0 spiro atoms. The molecule has 0 saturated carbocycles. The highest BCUT2D eigenvalue weighted by Crippen LogP contribution is 2.22. The molecule has 0 aliphatic heterocycles. The van der Waals surface area contributed by atoms with Crippen LogP contribution in [-0.2, 0) is 6.61 Å². The second-order valence-corrected chi connectivity index (χ2v) is 6.13. The van der Waals surface area contributed by atoms with E-state index >= 15 is 0 Å². The number of allylic oxidation sites excluding steroid dienone is 1. The Morgan fingerprint density at radius 1 is 1.12 bits per heavy atom. The topological polar surface area (TPSA) is 39.2 Å². The minimum Gasteiger partial charge on any atom is -0.488 e. The largest absolute Gasteiger partial charge is 0.488 e. The number of hydrogen-bond donors (Lipinski definition) is 0. The molecule has 0 aliphatic carbocycles. The summed E-state index contributed by atoms with van der Waals surface area (Å²) in [6, 6.07) is 17.7. The SMILES string of the molecule is Cc1ncsc1C(=O)/C=C/c1ccccc1OCc1ccccc1. The van der Waals surface area contributed by atoms with Crippen molar-refractivity contribution in [3.05, 3.63) is 87.9 Å². The molecule has 0 atom stereocenters. The molecule has 0 N–H and O–H groups in total. The van der Waals surface area contributed by atoms with Crippen LogP contribution in [0.5, 0.6) is 5.75 Å². The number of carbonyl (C=O) groups is 1. The molecule has 1 heterocycles. The van der Waals surface area contributed by atoms with Crippen molar-refractivity contribution in [2.24, 2.45) is 0 Å². The molecule has 2 aromatic carbocycles. The molecule has 4 heteroatoms. The van der Waals surface area contributed by atoms with Crippen LogP contribution >= 0.6 is 11.3 Å². The standard InChI is InChI=1S/C20H17NO2S/c1-15-20(24-14-21-15)18(22)12-11-17-9-5-6-10-19(17)23-13-16-7-3-2-4-8-16/h2-12,14H,13H2,1H3/b12-11+. The number of aromatic nitrogens is 1. The van der Waals surface area contributed by atoms with Crippen molar-refractivity contribution in [3.63, 3.8) is 0 Å². The number of thiazole rings is 1. The lowest BCUT2D eigenvalue weighted by atomic mass is 10.1. The number of hydrogen-bond acceptors (Lipinski definition) is 4. The van der Waals surface area contributed by atoms with Gasteiger partial charge in [0.25, 0.3) is 0 Å². The predicted octanol–water partition coefficient (Wildman–Crippen LogP) is 4.93. The van der Waals surface area contributed by atoms with Crippen LogP contribution in [0.15, 0.2) is 66.2 Å². The summed E-state index contributed by atoms with van der Waals surface area (Å²) < 4.78 is 5.90. The lowest BCUT2D eigenvalue weighted by molar-refractivity contribution is 0.105. The minimum atomic E-state index is -0.0344. The molecule has 0 radical (unpaired) electrons. The van der Waals surface area contributed by atoms with E-state index in [1.54, 1.807) is 17.7 Å². The van der Waals surface area contributed by atoms with Crippen LogP contribution < -0.4 is 4.74 Å². The van der Waals surface area contributed by atoms with Crippen molar-refractivity contribution in [3.8, 4) is 5.75 Å². The molecule has 120 valence electrons. The smallest absolute Gasteiger partial charge is 0.197 e. The van der Waals surface area contributed by atoms with E-state index in [0.717, 1.165) is 22.6 Å². The zero-order chi connectivity index (χ0) is 16.8. The van der Waals surface area contributed by atoms with E-state index in [2.05, 4.69) is 4.98 Å². The van der Waals surface area contributed by atoms with Gasteiger partial charge in [-0.15, -0.1) is 11.3 Å². The second-order valence-electron chi connectivity index (χ2n) is 5.28. The number of carbonyl (C=O) groups excluding carboxylic acids is 1. The quantitative estimate of drug-likeness (QED) is 0.474. The highest BCUT2D eigenvalue weighted by atomic mass is 32.1. The third-order valence-electron chi connectivity index (χ3n) is 3.54. The predicted molar refractivity (Wildman–Crippen MR) is 97.4 cm³/mol. The normalized spacial score (nSPS) is 10.9. The number of ketones is 1. The van der Waals surface area contributed by atoms with Crippen LogP contribution in [0, 0.1) is 6.92 Å². The van der Waals surface area contributed by atoms with Crippen molar-refractivity contribution in [2.45, 2.75) is 13.5 Å². The Balaban J connectivity index is 1.73. The minimum absolute atomic E-state index is 0.0344. The van der Waals surface area contributed by atoms with Crippen molar-refractivity contribution in [1.29, 1.82) is 0 Å². The van der Waals surface area contributed by atoms with Gasteiger partial charge in [0.1, 0.15) is 12.4 Å². The monoisotopic (exact) mass is 335 g/mol. The van der Waals surface area contributed by atoms with E-state index in [0.29, 0.717) is 11.5 Å². The summed E-state index contributed by atoms with van der Waals surface area (Å²) >= 11 is 1.36. The summed E-state index contributed by atoms with van der Waals surface area (Å²) in [4.78, 5) is 17.0. The molecule has 0 bridgehead atoms. The Morgan fingerprint density at radius 3 is 2.62 bits per heavy atom. The Labute approximate surface area is 145 Å². The van der Waals surface area contributed by atoms with Gasteiger partial charge in [0.15, 0.2) is 5.78 Å². The summed E-state index contributed by atoms with van der Waals surface area (Å²) in [5.74, 6) is 0.722. The Hall–Kier alpha value is -2.72. The van der Waals surface area contributed by atoms with Gasteiger partial charge in [-0.1, -0.05) is 48.5 Å². The number of benzene rings is 2. The first-order valence-electron chi connectivity index (χ1n) is 7.62. The van der Waals surface area contributed by atoms with E-state index in [4.69, 9.17) is 4.74 Å². The molecule has 0 amide bonds. The van der Waals surface area contributed by atoms with Crippen LogP contribution in [0.4, 0.5) is 0 Å². The molecular weight excluding hydrogens is 318 g/mol. The second kappa shape index (κ2) is 7.70. The molecule has 1 aromatic heterocycles. The lowest BCUT2D eigenvalue weighted by Gasteiger charge is -2.09. The van der Waals surface area contributed by atoms with Crippen LogP contribution in [0.25, 0.3) is 6.08 Å². The maximum atomic E-state index is 12.2. The third kappa shape index (κ3) is 3.97. The fourth-order valence-electron chi connectivity index (χ4n) is 2.26. The summed E-state index contributed by atoms with van der Waals surface area (Å²) in [5, 5.41) is 0. The van der Waals surface area contributed by atoms with Crippen molar-refractivity contribution < 1.29 is 9.53 Å². The van der Waals surface area contributed by atoms with Crippen LogP contribution in [0.2, 0.25) is 0 Å². The molecule has 0 unspecified atom stereocenters. The lowest BCUT2D eigenvalue weighted by Crippen LogP contribution is -1.97. The van der Waals surface area contributed by atoms with Crippen LogP contribution in [-0.4, -0.2) is 10.8 Å². The van der Waals surface area contributed by atoms with E-state index in [1.807, 2.05) is 61.5 Å². The van der Waals surface area contributed by atoms with Gasteiger partial charge in [0.2, 0.25) is 0 Å². The summed E-state index contributed by atoms with van der Waals surface area (Å²) in [7, 11) is 0. The van der Waals surface area contributed by atoms with Gasteiger partial charge in [-0.25, -0.2) is 4.98 Å². The summed E-state index contributed by atoms with van der Waals surface area (Å²) in [5.41, 5.74) is 4.44. The molecule has 0 aliphatic rings. The number of aryl methyl sites for hydroxylation is 1. The fraction of sp³-hybridized carbons (Fsp3) is 0.100. The summed E-state index contributed by atoms with van der Waals surface area (Å²) in [6.07, 6.45) is 3.37. The molecular formula is C20H17NO2S. The van der Waals surface area contributed by atoms with E-state index in [9.17, 15) is 4.79 Å². The van der Waals surface area contributed by atoms with Gasteiger partial charge in [-0.3, -0.25) is 4.79 Å². The van der Waals surface area contributed by atoms with Gasteiger partial charge >= 0.3 is 0 Å². The first-order chi connectivity index (χ1) is 11.7. The molecule has 24 heavy (non-hydrogen) atoms. The van der Waals surface area contributed by atoms with Gasteiger partial charge in [0, 0.05) is 5.56 Å². The van der Waals surface area contributed by atoms with Crippen molar-refractivity contribution >= 4 is 23.2 Å². The maximum absolute atomic E-state index is 12.2. The number of para-hydroxylation sites is 1. The average Bonchev–Trinajstić information content (AvgIpc) is 3.05. The number of rotatable bonds is 6. The molecule has 3 nitrogen and oxygen atoms in total. The van der Waals surface area contributed by atoms with Crippen molar-refractivity contribution in [1.82, 2.24) is 4.98 Å². The summed E-state index contributed by atoms with van der Waals surface area (Å²) in [6.45, 7) is 2.34.